The van der Waals surface area contributed by atoms with Crippen molar-refractivity contribution in [3.63, 3.8) is 0 Å². The minimum absolute atomic E-state index is 0.488. The van der Waals surface area contributed by atoms with Gasteiger partial charge in [-0.3, -0.25) is 0 Å². The molecule has 1 aromatic carbocycles. The van der Waals surface area contributed by atoms with Crippen LogP contribution in [0, 0.1) is 0 Å². The Labute approximate surface area is 124 Å². The van der Waals surface area contributed by atoms with Crippen LogP contribution in [0.25, 0.3) is 0 Å². The molecular weight excluding hydrogens is 266 g/mol. The molecule has 110 valence electrons. The minimum Gasteiger partial charge on any atom is -0.495 e. The second kappa shape index (κ2) is 6.39. The van der Waals surface area contributed by atoms with Gasteiger partial charge in [-0.1, -0.05) is 12.1 Å². The molecule has 1 fully saturated rings. The van der Waals surface area contributed by atoms with Crippen LogP contribution >= 0.6 is 0 Å². The van der Waals surface area contributed by atoms with Crippen molar-refractivity contribution in [2.45, 2.75) is 19.3 Å². The highest BCUT2D eigenvalue weighted by atomic mass is 16.5. The first-order chi connectivity index (χ1) is 10.4. The van der Waals surface area contributed by atoms with Crippen LogP contribution in [0.4, 0.5) is 17.5 Å². The fourth-order valence-electron chi connectivity index (χ4n) is 2.49. The molecule has 2 heterocycles. The van der Waals surface area contributed by atoms with Gasteiger partial charge >= 0.3 is 0 Å². The third kappa shape index (κ3) is 3.21. The van der Waals surface area contributed by atoms with Crippen LogP contribution in [0.3, 0.4) is 0 Å². The molecular formula is C15H19N5O. The van der Waals surface area contributed by atoms with E-state index in [4.69, 9.17) is 4.74 Å². The van der Waals surface area contributed by atoms with Crippen LogP contribution in [0.5, 0.6) is 5.75 Å². The number of methoxy groups -OCH3 is 1. The Morgan fingerprint density at radius 3 is 2.76 bits per heavy atom. The first-order valence-electron chi connectivity index (χ1n) is 7.21. The average Bonchev–Trinajstić information content (AvgIpc) is 2.56. The summed E-state index contributed by atoms with van der Waals surface area (Å²) in [4.78, 5) is 6.81. The van der Waals surface area contributed by atoms with Crippen molar-refractivity contribution in [2.75, 3.05) is 30.4 Å². The molecule has 1 aromatic heterocycles. The van der Waals surface area contributed by atoms with Gasteiger partial charge in [0.05, 0.1) is 19.0 Å². The van der Waals surface area contributed by atoms with Gasteiger partial charge in [0.2, 0.25) is 5.95 Å². The molecule has 0 aliphatic carbocycles. The standard InChI is InChI=1S/C15H19N5O/c1-21-13-8-4-3-7-12(13)17-15-18-14(11-16-19-15)20-9-5-2-6-10-20/h3-4,7-8,11H,2,5-6,9-10H2,1H3,(H,17,18,19). The van der Waals surface area contributed by atoms with Crippen LogP contribution in [0.15, 0.2) is 30.5 Å². The van der Waals surface area contributed by atoms with Crippen LogP contribution in [0.1, 0.15) is 19.3 Å². The molecule has 1 saturated heterocycles. The van der Waals surface area contributed by atoms with Crippen LogP contribution in [-0.4, -0.2) is 35.4 Å². The van der Waals surface area contributed by atoms with E-state index >= 15 is 0 Å². The summed E-state index contributed by atoms with van der Waals surface area (Å²) in [6, 6.07) is 7.68. The number of piperidine rings is 1. The molecule has 0 saturated carbocycles. The lowest BCUT2D eigenvalue weighted by Gasteiger charge is -2.27. The highest BCUT2D eigenvalue weighted by Crippen LogP contribution is 2.26. The van der Waals surface area contributed by atoms with Gasteiger partial charge in [-0.15, -0.1) is 5.10 Å². The lowest BCUT2D eigenvalue weighted by molar-refractivity contribution is 0.417. The highest BCUT2D eigenvalue weighted by Gasteiger charge is 2.13. The maximum atomic E-state index is 5.32. The Morgan fingerprint density at radius 2 is 1.95 bits per heavy atom. The molecule has 0 atom stereocenters. The lowest BCUT2D eigenvalue weighted by Crippen LogP contribution is -2.30. The number of hydrogen-bond donors (Lipinski definition) is 1. The molecule has 0 bridgehead atoms. The van der Waals surface area contributed by atoms with Crippen molar-refractivity contribution in [1.29, 1.82) is 0 Å². The van der Waals surface area contributed by atoms with Gasteiger partial charge in [0.25, 0.3) is 0 Å². The molecule has 1 aliphatic rings. The van der Waals surface area contributed by atoms with Crippen LogP contribution < -0.4 is 15.0 Å². The summed E-state index contributed by atoms with van der Waals surface area (Å²) < 4.78 is 5.32. The summed E-state index contributed by atoms with van der Waals surface area (Å²) >= 11 is 0. The first kappa shape index (κ1) is 13.6. The molecule has 1 aliphatic heterocycles. The molecule has 3 rings (SSSR count). The van der Waals surface area contributed by atoms with Gasteiger partial charge in [-0.2, -0.15) is 10.1 Å². The van der Waals surface area contributed by atoms with Crippen molar-refractivity contribution >= 4 is 17.5 Å². The number of para-hydroxylation sites is 2. The number of nitrogens with zero attached hydrogens (tertiary/aromatic N) is 4. The zero-order valence-electron chi connectivity index (χ0n) is 12.1. The van der Waals surface area contributed by atoms with Gasteiger partial charge in [0.15, 0.2) is 5.82 Å². The number of aromatic nitrogens is 3. The molecule has 0 radical (unpaired) electrons. The smallest absolute Gasteiger partial charge is 0.249 e. The molecule has 6 nitrogen and oxygen atoms in total. The minimum atomic E-state index is 0.488. The summed E-state index contributed by atoms with van der Waals surface area (Å²) in [5.41, 5.74) is 0.831. The van der Waals surface area contributed by atoms with E-state index in [1.54, 1.807) is 13.3 Å². The predicted octanol–water partition coefficient (Wildman–Crippen LogP) is 2.61. The van der Waals surface area contributed by atoms with E-state index in [0.717, 1.165) is 30.3 Å². The van der Waals surface area contributed by atoms with Crippen LogP contribution in [-0.2, 0) is 0 Å². The van der Waals surface area contributed by atoms with Crippen molar-refractivity contribution in [1.82, 2.24) is 15.2 Å². The summed E-state index contributed by atoms with van der Waals surface area (Å²) in [6.07, 6.45) is 5.43. The molecule has 0 unspecified atom stereocenters. The molecule has 0 spiro atoms. The topological polar surface area (TPSA) is 63.2 Å². The lowest BCUT2D eigenvalue weighted by atomic mass is 10.1. The molecule has 6 heteroatoms. The molecule has 21 heavy (non-hydrogen) atoms. The largest absolute Gasteiger partial charge is 0.495 e. The second-order valence-corrected chi connectivity index (χ2v) is 5.01. The van der Waals surface area contributed by atoms with Crippen molar-refractivity contribution in [2.24, 2.45) is 0 Å². The monoisotopic (exact) mass is 285 g/mol. The SMILES string of the molecule is COc1ccccc1Nc1nncc(N2CCCCC2)n1. The van der Waals surface area contributed by atoms with E-state index in [2.05, 4.69) is 25.4 Å². The zero-order valence-corrected chi connectivity index (χ0v) is 12.1. The Hall–Kier alpha value is -2.37. The maximum Gasteiger partial charge on any atom is 0.249 e. The van der Waals surface area contributed by atoms with Crippen molar-refractivity contribution < 1.29 is 4.74 Å². The summed E-state index contributed by atoms with van der Waals surface area (Å²) in [5, 5.41) is 11.3. The highest BCUT2D eigenvalue weighted by molar-refractivity contribution is 5.62. The number of benzene rings is 1. The van der Waals surface area contributed by atoms with E-state index in [1.165, 1.54) is 19.3 Å². The van der Waals surface area contributed by atoms with Gasteiger partial charge in [0, 0.05) is 13.1 Å². The predicted molar refractivity (Wildman–Crippen MR) is 82.2 cm³/mol. The summed E-state index contributed by atoms with van der Waals surface area (Å²) in [5.74, 6) is 2.12. The fraction of sp³-hybridized carbons (Fsp3) is 0.400. The van der Waals surface area contributed by atoms with Crippen molar-refractivity contribution in [3.05, 3.63) is 30.5 Å². The zero-order chi connectivity index (χ0) is 14.5. The van der Waals surface area contributed by atoms with Crippen LogP contribution in [0.2, 0.25) is 0 Å². The van der Waals surface area contributed by atoms with Gasteiger partial charge in [-0.05, 0) is 31.4 Å². The third-order valence-electron chi connectivity index (χ3n) is 3.58. The average molecular weight is 285 g/mol. The van der Waals surface area contributed by atoms with E-state index in [0.29, 0.717) is 5.95 Å². The number of rotatable bonds is 4. The van der Waals surface area contributed by atoms with E-state index < -0.39 is 0 Å². The second-order valence-electron chi connectivity index (χ2n) is 5.01. The Kier molecular flexibility index (Phi) is 4.14. The number of hydrogen-bond acceptors (Lipinski definition) is 6. The molecule has 2 aromatic rings. The normalized spacial score (nSPS) is 14.8. The van der Waals surface area contributed by atoms with E-state index in [-0.39, 0.29) is 0 Å². The fourth-order valence-corrected chi connectivity index (χ4v) is 2.49. The van der Waals surface area contributed by atoms with E-state index in [9.17, 15) is 0 Å². The quantitative estimate of drug-likeness (QED) is 0.931. The first-order valence-corrected chi connectivity index (χ1v) is 7.21. The van der Waals surface area contributed by atoms with Gasteiger partial charge in [-0.25, -0.2) is 0 Å². The summed E-state index contributed by atoms with van der Waals surface area (Å²) in [7, 11) is 1.64. The third-order valence-corrected chi connectivity index (χ3v) is 3.58. The van der Waals surface area contributed by atoms with Crippen molar-refractivity contribution in [3.8, 4) is 5.75 Å². The summed E-state index contributed by atoms with van der Waals surface area (Å²) in [6.45, 7) is 2.07. The molecule has 1 N–H and O–H groups in total. The van der Waals surface area contributed by atoms with Gasteiger partial charge in [0.1, 0.15) is 5.75 Å². The Bertz CT molecular complexity index is 598. The number of ether oxygens (including phenoxy) is 1. The number of nitrogens with one attached hydrogen (secondary N) is 1. The number of anilines is 3. The maximum absolute atomic E-state index is 5.32. The Balaban J connectivity index is 1.79. The Morgan fingerprint density at radius 1 is 1.14 bits per heavy atom. The van der Waals surface area contributed by atoms with E-state index in [1.807, 2.05) is 24.3 Å². The van der Waals surface area contributed by atoms with Gasteiger partial charge < -0.3 is 15.0 Å². The molecule has 0 amide bonds.